The van der Waals surface area contributed by atoms with Crippen molar-refractivity contribution in [2.75, 3.05) is 7.11 Å². The van der Waals surface area contributed by atoms with Crippen LogP contribution in [0.5, 0.6) is 5.75 Å². The van der Waals surface area contributed by atoms with Gasteiger partial charge in [-0.05, 0) is 24.6 Å². The second kappa shape index (κ2) is 4.33. The van der Waals surface area contributed by atoms with Gasteiger partial charge in [-0.2, -0.15) is 0 Å². The van der Waals surface area contributed by atoms with Gasteiger partial charge in [-0.25, -0.2) is 0 Å². The number of methoxy groups -OCH3 is 1. The molecular weight excluding hydrogens is 266 g/mol. The van der Waals surface area contributed by atoms with Crippen LogP contribution >= 0.6 is 0 Å². The molecule has 1 aliphatic rings. The van der Waals surface area contributed by atoms with Gasteiger partial charge in [0, 0.05) is 17.5 Å². The maximum absolute atomic E-state index is 12.8. The zero-order chi connectivity index (χ0) is 14.6. The largest absolute Gasteiger partial charge is 0.496 e. The number of hydrogen-bond acceptors (Lipinski definition) is 3. The normalized spacial score (nSPS) is 17.3. The van der Waals surface area contributed by atoms with E-state index in [0.29, 0.717) is 29.5 Å². The van der Waals surface area contributed by atoms with Crippen molar-refractivity contribution in [2.24, 2.45) is 0 Å². The van der Waals surface area contributed by atoms with Gasteiger partial charge in [0.25, 0.3) is 0 Å². The average Bonchev–Trinajstić information content (AvgIpc) is 2.53. The number of aliphatic hydroxyl groups is 1. The highest BCUT2D eigenvalue weighted by atomic mass is 16.5. The summed E-state index contributed by atoms with van der Waals surface area (Å²) < 4.78 is 7.50. The van der Waals surface area contributed by atoms with Gasteiger partial charge in [0.05, 0.1) is 29.6 Å². The van der Waals surface area contributed by atoms with Crippen LogP contribution in [-0.2, 0) is 6.54 Å². The molecule has 1 atom stereocenters. The summed E-state index contributed by atoms with van der Waals surface area (Å²) in [5.41, 5.74) is 2.48. The highest BCUT2D eigenvalue weighted by Crippen LogP contribution is 2.36. The van der Waals surface area contributed by atoms with E-state index in [-0.39, 0.29) is 5.43 Å². The fraction of sp³-hybridized carbons (Fsp3) is 0.235. The number of benzene rings is 2. The average molecular weight is 281 g/mol. The summed E-state index contributed by atoms with van der Waals surface area (Å²) in [5.74, 6) is 0.562. The molecule has 0 fully saturated rings. The number of rotatable bonds is 1. The Morgan fingerprint density at radius 1 is 1.24 bits per heavy atom. The molecule has 4 heteroatoms. The zero-order valence-electron chi connectivity index (χ0n) is 11.7. The van der Waals surface area contributed by atoms with Gasteiger partial charge in [-0.3, -0.25) is 4.79 Å². The molecule has 21 heavy (non-hydrogen) atoms. The Bertz CT molecular complexity index is 927. The zero-order valence-corrected chi connectivity index (χ0v) is 11.7. The second-order valence-electron chi connectivity index (χ2n) is 5.38. The molecule has 1 N–H and O–H groups in total. The van der Waals surface area contributed by atoms with E-state index in [0.717, 1.165) is 16.6 Å². The van der Waals surface area contributed by atoms with E-state index < -0.39 is 6.10 Å². The summed E-state index contributed by atoms with van der Waals surface area (Å²) in [6.07, 6.45) is 0.125. The highest BCUT2D eigenvalue weighted by molar-refractivity contribution is 5.98. The van der Waals surface area contributed by atoms with Crippen LogP contribution in [0.2, 0.25) is 0 Å². The molecule has 1 aliphatic heterocycles. The first kappa shape index (κ1) is 12.4. The molecule has 4 nitrogen and oxygen atoms in total. The maximum atomic E-state index is 12.8. The number of hydrogen-bond donors (Lipinski definition) is 1. The monoisotopic (exact) mass is 281 g/mol. The van der Waals surface area contributed by atoms with Gasteiger partial charge < -0.3 is 14.4 Å². The number of aromatic nitrogens is 1. The van der Waals surface area contributed by atoms with Crippen molar-refractivity contribution in [2.45, 2.75) is 19.1 Å². The van der Waals surface area contributed by atoms with E-state index in [9.17, 15) is 9.90 Å². The highest BCUT2D eigenvalue weighted by Gasteiger charge is 2.24. The van der Waals surface area contributed by atoms with Gasteiger partial charge >= 0.3 is 0 Å². The van der Waals surface area contributed by atoms with Crippen LogP contribution in [0.3, 0.4) is 0 Å². The summed E-state index contributed by atoms with van der Waals surface area (Å²) >= 11 is 0. The lowest BCUT2D eigenvalue weighted by atomic mass is 9.96. The number of aliphatic hydroxyl groups excluding tert-OH is 1. The number of ether oxygens (including phenoxy) is 1. The quantitative estimate of drug-likeness (QED) is 0.698. The van der Waals surface area contributed by atoms with Crippen molar-refractivity contribution >= 4 is 21.8 Å². The summed E-state index contributed by atoms with van der Waals surface area (Å²) in [6, 6.07) is 11.2. The molecule has 0 amide bonds. The first-order chi connectivity index (χ1) is 10.2. The first-order valence-corrected chi connectivity index (χ1v) is 7.02. The molecule has 0 saturated heterocycles. The standard InChI is InChI=1S/C17H15NO3/c1-21-14-7-6-11-13(19)8-9-18-12-5-3-2-4-10(12)17(20)15(14)16(11)18/h2-7,13,19H,8-9H2,1H3. The predicted molar refractivity (Wildman–Crippen MR) is 81.8 cm³/mol. The van der Waals surface area contributed by atoms with Crippen LogP contribution in [0.1, 0.15) is 18.1 Å². The molecule has 0 saturated carbocycles. The Hall–Kier alpha value is -2.33. The summed E-state index contributed by atoms with van der Waals surface area (Å²) in [5, 5.41) is 11.5. The molecule has 2 heterocycles. The van der Waals surface area contributed by atoms with Crippen molar-refractivity contribution in [3.63, 3.8) is 0 Å². The molecule has 0 radical (unpaired) electrons. The van der Waals surface area contributed by atoms with E-state index in [2.05, 4.69) is 4.57 Å². The van der Waals surface area contributed by atoms with E-state index >= 15 is 0 Å². The Kier molecular flexibility index (Phi) is 2.56. The van der Waals surface area contributed by atoms with Crippen molar-refractivity contribution in [3.8, 4) is 5.75 Å². The summed E-state index contributed by atoms with van der Waals surface area (Å²) in [6.45, 7) is 0.693. The molecule has 0 aliphatic carbocycles. The predicted octanol–water partition coefficient (Wildman–Crippen LogP) is 2.60. The van der Waals surface area contributed by atoms with E-state index in [4.69, 9.17) is 4.74 Å². The van der Waals surface area contributed by atoms with Crippen LogP contribution in [0, 0.1) is 0 Å². The molecule has 2 aromatic carbocycles. The number of fused-ring (bicyclic) bond motifs is 2. The van der Waals surface area contributed by atoms with E-state index in [1.165, 1.54) is 0 Å². The van der Waals surface area contributed by atoms with Crippen LogP contribution in [0.15, 0.2) is 41.2 Å². The van der Waals surface area contributed by atoms with Crippen LogP contribution in [0.4, 0.5) is 0 Å². The third-order valence-corrected chi connectivity index (χ3v) is 4.31. The molecule has 0 spiro atoms. The Morgan fingerprint density at radius 3 is 2.86 bits per heavy atom. The SMILES string of the molecule is COc1ccc2c3c1c(=O)c1ccccc1n3CCC2O. The lowest BCUT2D eigenvalue weighted by molar-refractivity contribution is 0.157. The van der Waals surface area contributed by atoms with Crippen molar-refractivity contribution in [1.29, 1.82) is 0 Å². The molecule has 4 rings (SSSR count). The van der Waals surface area contributed by atoms with Gasteiger partial charge in [0.2, 0.25) is 5.43 Å². The molecule has 3 aromatic rings. The topological polar surface area (TPSA) is 51.5 Å². The fourth-order valence-electron chi connectivity index (χ4n) is 3.33. The van der Waals surface area contributed by atoms with E-state index in [1.807, 2.05) is 30.3 Å². The minimum atomic E-state index is -0.529. The van der Waals surface area contributed by atoms with Crippen LogP contribution in [-0.4, -0.2) is 16.8 Å². The van der Waals surface area contributed by atoms with E-state index in [1.54, 1.807) is 13.2 Å². The van der Waals surface area contributed by atoms with Gasteiger partial charge in [-0.1, -0.05) is 18.2 Å². The van der Waals surface area contributed by atoms with Crippen LogP contribution < -0.4 is 10.2 Å². The Morgan fingerprint density at radius 2 is 2.05 bits per heavy atom. The molecule has 106 valence electrons. The van der Waals surface area contributed by atoms with Gasteiger partial charge in [-0.15, -0.1) is 0 Å². The number of nitrogens with zero attached hydrogens (tertiary/aromatic N) is 1. The third-order valence-electron chi connectivity index (χ3n) is 4.31. The molecule has 1 aromatic heterocycles. The van der Waals surface area contributed by atoms with Gasteiger partial charge in [0.1, 0.15) is 5.75 Å². The minimum Gasteiger partial charge on any atom is -0.496 e. The Labute approximate surface area is 121 Å². The van der Waals surface area contributed by atoms with Gasteiger partial charge in [0.15, 0.2) is 0 Å². The summed E-state index contributed by atoms with van der Waals surface area (Å²) in [7, 11) is 1.57. The minimum absolute atomic E-state index is 0.0374. The molecule has 1 unspecified atom stereocenters. The lowest BCUT2D eigenvalue weighted by Crippen LogP contribution is -2.20. The van der Waals surface area contributed by atoms with Crippen LogP contribution in [0.25, 0.3) is 21.8 Å². The summed E-state index contributed by atoms with van der Waals surface area (Å²) in [4.78, 5) is 12.8. The lowest BCUT2D eigenvalue weighted by Gasteiger charge is -2.26. The fourth-order valence-corrected chi connectivity index (χ4v) is 3.33. The van der Waals surface area contributed by atoms with Crippen molar-refractivity contribution < 1.29 is 9.84 Å². The second-order valence-corrected chi connectivity index (χ2v) is 5.38. The number of aryl methyl sites for hydroxylation is 1. The first-order valence-electron chi connectivity index (χ1n) is 7.02. The van der Waals surface area contributed by atoms with Crippen molar-refractivity contribution in [3.05, 3.63) is 52.2 Å². The molecule has 0 bridgehead atoms. The molecular formula is C17H15NO3. The smallest absolute Gasteiger partial charge is 0.200 e. The Balaban J connectivity index is 2.35. The third kappa shape index (κ3) is 1.56. The maximum Gasteiger partial charge on any atom is 0.200 e. The number of pyridine rings is 1. The number of para-hydroxylation sites is 1. The van der Waals surface area contributed by atoms with Crippen molar-refractivity contribution in [1.82, 2.24) is 4.57 Å².